The van der Waals surface area contributed by atoms with Crippen LogP contribution < -0.4 is 14.3 Å². The van der Waals surface area contributed by atoms with Crippen molar-refractivity contribution in [1.82, 2.24) is 5.09 Å². The molecule has 0 heterocycles. The average Bonchev–Trinajstić information content (AvgIpc) is 2.61. The molecule has 2 aromatic carbocycles. The van der Waals surface area contributed by atoms with Gasteiger partial charge in [0.1, 0.15) is 18.4 Å². The van der Waals surface area contributed by atoms with Crippen molar-refractivity contribution < 1.29 is 23.4 Å². The Bertz CT molecular complexity index is 675. The highest BCUT2D eigenvalue weighted by molar-refractivity contribution is 7.37. The van der Waals surface area contributed by atoms with Crippen LogP contribution in [0.1, 0.15) is 12.5 Å². The van der Waals surface area contributed by atoms with E-state index in [2.05, 4.69) is 5.09 Å². The van der Waals surface area contributed by atoms with Crippen molar-refractivity contribution in [2.45, 2.75) is 19.6 Å². The Morgan fingerprint density at radius 2 is 1.71 bits per heavy atom. The number of ether oxygens (including phenoxy) is 2. The number of benzene rings is 2. The summed E-state index contributed by atoms with van der Waals surface area (Å²) < 4.78 is 27.4. The van der Waals surface area contributed by atoms with Crippen molar-refractivity contribution >= 4 is 14.1 Å². The van der Waals surface area contributed by atoms with Crippen molar-refractivity contribution in [2.24, 2.45) is 0 Å². The molecule has 0 saturated carbocycles. The summed E-state index contributed by atoms with van der Waals surface area (Å²) in [4.78, 5) is 11.9. The van der Waals surface area contributed by atoms with Crippen LogP contribution in [0.5, 0.6) is 11.5 Å². The Balaban J connectivity index is 1.78. The third-order valence-electron chi connectivity index (χ3n) is 3.12. The fourth-order valence-electron chi connectivity index (χ4n) is 1.82. The van der Waals surface area contributed by atoms with E-state index in [1.54, 1.807) is 38.3 Å². The lowest BCUT2D eigenvalue weighted by atomic mass is 10.2. The van der Waals surface area contributed by atoms with Gasteiger partial charge in [0.2, 0.25) is 0 Å². The number of methoxy groups -OCH3 is 1. The molecule has 0 spiro atoms. The van der Waals surface area contributed by atoms with Crippen LogP contribution in [0.15, 0.2) is 54.6 Å². The lowest BCUT2D eigenvalue weighted by molar-refractivity contribution is -0.146. The first-order chi connectivity index (χ1) is 11.6. The van der Waals surface area contributed by atoms with Crippen molar-refractivity contribution in [3.05, 3.63) is 60.2 Å². The van der Waals surface area contributed by atoms with Gasteiger partial charge in [-0.05, 0) is 36.8 Å². The predicted octanol–water partition coefficient (Wildman–Crippen LogP) is 3.45. The van der Waals surface area contributed by atoms with Gasteiger partial charge in [-0.25, -0.2) is 4.52 Å². The van der Waals surface area contributed by atoms with Gasteiger partial charge in [-0.1, -0.05) is 35.4 Å². The van der Waals surface area contributed by atoms with E-state index in [1.807, 2.05) is 30.3 Å². The predicted molar refractivity (Wildman–Crippen MR) is 90.1 cm³/mol. The third-order valence-corrected chi connectivity index (χ3v) is 4.10. The van der Waals surface area contributed by atoms with Gasteiger partial charge in [0.05, 0.1) is 7.11 Å². The third kappa shape index (κ3) is 5.65. The molecule has 0 aromatic heterocycles. The summed E-state index contributed by atoms with van der Waals surface area (Å²) in [5.74, 6) is 0.582. The lowest BCUT2D eigenvalue weighted by Crippen LogP contribution is -2.31. The summed E-state index contributed by atoms with van der Waals surface area (Å²) >= 11 is 0. The first-order valence-electron chi connectivity index (χ1n) is 7.34. The molecule has 1 unspecified atom stereocenters. The second-order valence-corrected chi connectivity index (χ2v) is 5.92. The Morgan fingerprint density at radius 1 is 1.08 bits per heavy atom. The van der Waals surface area contributed by atoms with Crippen LogP contribution >= 0.6 is 8.18 Å². The molecule has 0 aliphatic carbocycles. The molecule has 0 aliphatic heterocycles. The van der Waals surface area contributed by atoms with Gasteiger partial charge in [-0.3, -0.25) is 4.79 Å². The number of carbonyl (C=O) groups excluding carboxylic acids is 1. The zero-order valence-corrected chi connectivity index (χ0v) is 14.4. The topological polar surface area (TPSA) is 73.9 Å². The second kappa shape index (κ2) is 9.01. The molecule has 6 nitrogen and oxygen atoms in total. The summed E-state index contributed by atoms with van der Waals surface area (Å²) in [6, 6.07) is 15.2. The van der Waals surface area contributed by atoms with E-state index >= 15 is 0 Å². The van der Waals surface area contributed by atoms with E-state index in [4.69, 9.17) is 14.0 Å². The monoisotopic (exact) mass is 348 g/mol. The van der Waals surface area contributed by atoms with Gasteiger partial charge in [-0.2, -0.15) is 0 Å². The number of rotatable bonds is 8. The van der Waals surface area contributed by atoms with Crippen LogP contribution in [0.2, 0.25) is 0 Å². The van der Waals surface area contributed by atoms with Crippen molar-refractivity contribution in [3.8, 4) is 11.5 Å². The zero-order valence-electron chi connectivity index (χ0n) is 13.5. The normalized spacial score (nSPS) is 12.2. The quantitative estimate of drug-likeness (QED) is 0.582. The van der Waals surface area contributed by atoms with E-state index in [1.165, 1.54) is 0 Å². The summed E-state index contributed by atoms with van der Waals surface area (Å²) in [7, 11) is -0.693. The fraction of sp³-hybridized carbons (Fsp3) is 0.235. The Hall–Kier alpha value is -2.43. The fourth-order valence-corrected chi connectivity index (χ4v) is 2.61. The smallest absolute Gasteiger partial charge is 0.497 e. The molecule has 7 heteroatoms. The minimum absolute atomic E-state index is 0.168. The molecular weight excluding hydrogens is 329 g/mol. The molecule has 0 amide bonds. The number of esters is 1. The number of nitrogens with one attached hydrogen (secondary N) is 1. The van der Waals surface area contributed by atoms with Crippen LogP contribution in [0.3, 0.4) is 0 Å². The highest BCUT2D eigenvalue weighted by atomic mass is 31.1. The molecule has 2 rings (SSSR count). The second-order valence-electron chi connectivity index (χ2n) is 4.97. The van der Waals surface area contributed by atoms with Crippen LogP contribution in [-0.4, -0.2) is 19.1 Å². The summed E-state index contributed by atoms with van der Waals surface area (Å²) in [6.07, 6.45) is 0. The first-order valence-corrected chi connectivity index (χ1v) is 8.52. The molecule has 24 heavy (non-hydrogen) atoms. The number of hydrogen-bond acceptors (Lipinski definition) is 5. The first kappa shape index (κ1) is 17.9. The van der Waals surface area contributed by atoms with Gasteiger partial charge in [-0.15, -0.1) is 0 Å². The summed E-state index contributed by atoms with van der Waals surface area (Å²) in [5, 5.41) is 2.57. The van der Waals surface area contributed by atoms with E-state index < -0.39 is 20.2 Å². The number of hydrogen-bond donors (Lipinski definition) is 1. The lowest BCUT2D eigenvalue weighted by Gasteiger charge is -2.07. The Labute approximate surface area is 141 Å². The van der Waals surface area contributed by atoms with Crippen molar-refractivity contribution in [2.75, 3.05) is 7.11 Å². The average molecular weight is 348 g/mol. The zero-order chi connectivity index (χ0) is 17.4. The van der Waals surface area contributed by atoms with Gasteiger partial charge in [0, 0.05) is 4.57 Å². The van der Waals surface area contributed by atoms with Crippen LogP contribution in [0.25, 0.3) is 0 Å². The van der Waals surface area contributed by atoms with Crippen molar-refractivity contribution in [1.29, 1.82) is 0 Å². The van der Waals surface area contributed by atoms with E-state index in [9.17, 15) is 9.36 Å². The summed E-state index contributed by atoms with van der Waals surface area (Å²) in [5.41, 5.74) is 0.886. The molecule has 0 fully saturated rings. The van der Waals surface area contributed by atoms with E-state index in [-0.39, 0.29) is 6.61 Å². The molecule has 1 N–H and O–H groups in total. The Morgan fingerprint density at radius 3 is 2.33 bits per heavy atom. The Kier molecular flexibility index (Phi) is 6.73. The van der Waals surface area contributed by atoms with Gasteiger partial charge in [0.25, 0.3) is 0 Å². The van der Waals surface area contributed by atoms with Gasteiger partial charge < -0.3 is 9.47 Å². The molecule has 2 atom stereocenters. The van der Waals surface area contributed by atoms with Crippen molar-refractivity contribution in [3.63, 3.8) is 0 Å². The molecule has 0 saturated heterocycles. The molecule has 0 aliphatic rings. The highest BCUT2D eigenvalue weighted by Gasteiger charge is 2.28. The minimum Gasteiger partial charge on any atom is -0.497 e. The number of carbonyl (C=O) groups is 1. The van der Waals surface area contributed by atoms with E-state index in [0.717, 1.165) is 5.56 Å². The minimum atomic E-state index is -2.25. The van der Waals surface area contributed by atoms with Gasteiger partial charge >= 0.3 is 14.1 Å². The molecule has 0 radical (unpaired) electrons. The van der Waals surface area contributed by atoms with Crippen LogP contribution in [-0.2, 0) is 20.7 Å². The molecule has 0 bridgehead atoms. The summed E-state index contributed by atoms with van der Waals surface area (Å²) in [6.45, 7) is 1.74. The van der Waals surface area contributed by atoms with Crippen LogP contribution in [0, 0.1) is 0 Å². The standard InChI is InChI=1S/C17H19NO5P/c1-13(17(19)22-12-14-6-4-3-5-7-14)18-24(20)23-16-10-8-15(21-2)9-11-16/h3-11,13H,12H2,1-2H3,(H,18,20)/q+1/t13-/m0/s1. The largest absolute Gasteiger partial charge is 0.664 e. The molecule has 126 valence electrons. The SMILES string of the molecule is COc1ccc(O[P+](=O)N[C@@H](C)C(=O)OCc2ccccc2)cc1. The van der Waals surface area contributed by atoms with Crippen LogP contribution in [0.4, 0.5) is 0 Å². The molecular formula is C17H19NO5P+. The van der Waals surface area contributed by atoms with Gasteiger partial charge in [0.15, 0.2) is 5.75 Å². The molecule has 2 aromatic rings. The maximum atomic E-state index is 11.9. The maximum absolute atomic E-state index is 11.9. The van der Waals surface area contributed by atoms with E-state index in [0.29, 0.717) is 11.5 Å². The maximum Gasteiger partial charge on any atom is 0.664 e. The highest BCUT2D eigenvalue weighted by Crippen LogP contribution is 2.26.